The van der Waals surface area contributed by atoms with E-state index in [1.54, 1.807) is 6.07 Å². The number of aromatic hydroxyl groups is 2. The lowest BCUT2D eigenvalue weighted by molar-refractivity contribution is 0.101. The van der Waals surface area contributed by atoms with Crippen molar-refractivity contribution in [3.05, 3.63) is 23.3 Å². The van der Waals surface area contributed by atoms with Crippen molar-refractivity contribution in [2.45, 2.75) is 20.3 Å². The van der Waals surface area contributed by atoms with Gasteiger partial charge >= 0.3 is 0 Å². The van der Waals surface area contributed by atoms with Gasteiger partial charge in [-0.3, -0.25) is 4.79 Å². The Hall–Kier alpha value is -1.51. The van der Waals surface area contributed by atoms with Gasteiger partial charge in [0.1, 0.15) is 0 Å². The number of rotatable bonds is 2. The number of Topliss-reactive ketones (excluding diaryl/α,β-unsaturated/α-hetero) is 1. The topological polar surface area (TPSA) is 57.5 Å². The zero-order chi connectivity index (χ0) is 10.0. The summed E-state index contributed by atoms with van der Waals surface area (Å²) in [5.74, 6) is -0.752. The van der Waals surface area contributed by atoms with E-state index in [2.05, 4.69) is 0 Å². The number of phenolic OH excluding ortho intramolecular Hbond substituents is 2. The largest absolute Gasteiger partial charge is 0.504 e. The summed E-state index contributed by atoms with van der Waals surface area (Å²) in [6, 6.07) is 3.17. The van der Waals surface area contributed by atoms with E-state index in [0.717, 1.165) is 0 Å². The fourth-order valence-corrected chi connectivity index (χ4v) is 1.19. The van der Waals surface area contributed by atoms with Crippen LogP contribution in [0, 0.1) is 0 Å². The highest BCUT2D eigenvalue weighted by atomic mass is 16.3. The molecule has 0 radical (unpaired) electrons. The molecule has 0 saturated carbocycles. The lowest BCUT2D eigenvalue weighted by Crippen LogP contribution is -1.94. The van der Waals surface area contributed by atoms with Crippen LogP contribution in [-0.4, -0.2) is 16.0 Å². The summed E-state index contributed by atoms with van der Waals surface area (Å²) in [5.41, 5.74) is 0.803. The zero-order valence-corrected chi connectivity index (χ0v) is 7.66. The van der Waals surface area contributed by atoms with E-state index in [4.69, 9.17) is 0 Å². The van der Waals surface area contributed by atoms with Gasteiger partial charge in [0.15, 0.2) is 17.3 Å². The Labute approximate surface area is 76.6 Å². The van der Waals surface area contributed by atoms with E-state index in [9.17, 15) is 15.0 Å². The number of ketones is 1. The first-order valence-electron chi connectivity index (χ1n) is 4.12. The van der Waals surface area contributed by atoms with Crippen molar-refractivity contribution in [1.29, 1.82) is 0 Å². The molecule has 0 unspecified atom stereocenters. The Bertz CT molecular complexity index is 342. The van der Waals surface area contributed by atoms with Gasteiger partial charge in [-0.25, -0.2) is 0 Å². The van der Waals surface area contributed by atoms with Crippen molar-refractivity contribution >= 4 is 5.78 Å². The van der Waals surface area contributed by atoms with E-state index < -0.39 is 0 Å². The number of carbonyl (C=O) groups is 1. The third kappa shape index (κ3) is 1.64. The molecule has 3 nitrogen and oxygen atoms in total. The lowest BCUT2D eigenvalue weighted by atomic mass is 10.0. The minimum Gasteiger partial charge on any atom is -0.504 e. The molecule has 0 amide bonds. The summed E-state index contributed by atoms with van der Waals surface area (Å²) in [5, 5.41) is 18.8. The van der Waals surface area contributed by atoms with E-state index in [1.807, 2.05) is 6.92 Å². The van der Waals surface area contributed by atoms with Crippen LogP contribution in [0.25, 0.3) is 0 Å². The van der Waals surface area contributed by atoms with Gasteiger partial charge in [-0.15, -0.1) is 0 Å². The molecule has 13 heavy (non-hydrogen) atoms. The second-order valence-corrected chi connectivity index (χ2v) is 2.88. The number of aryl methyl sites for hydroxylation is 1. The Morgan fingerprint density at radius 1 is 1.31 bits per heavy atom. The van der Waals surface area contributed by atoms with Crippen LogP contribution < -0.4 is 0 Å². The van der Waals surface area contributed by atoms with Crippen molar-refractivity contribution in [1.82, 2.24) is 0 Å². The predicted molar refractivity (Wildman–Crippen MR) is 49.2 cm³/mol. The summed E-state index contributed by atoms with van der Waals surface area (Å²) in [6.07, 6.45) is 0.623. The average molecular weight is 180 g/mol. The Balaban J connectivity index is 3.31. The highest BCUT2D eigenvalue weighted by Gasteiger charge is 2.12. The molecule has 0 spiro atoms. The molecule has 70 valence electrons. The van der Waals surface area contributed by atoms with Gasteiger partial charge in [0, 0.05) is 0 Å². The van der Waals surface area contributed by atoms with Gasteiger partial charge in [-0.05, 0) is 25.0 Å². The summed E-state index contributed by atoms with van der Waals surface area (Å²) in [4.78, 5) is 10.9. The van der Waals surface area contributed by atoms with Crippen molar-refractivity contribution in [3.8, 4) is 11.5 Å². The number of hydrogen-bond acceptors (Lipinski definition) is 3. The highest BCUT2D eigenvalue weighted by Crippen LogP contribution is 2.32. The van der Waals surface area contributed by atoms with Gasteiger partial charge in [0.05, 0.1) is 5.56 Å². The average Bonchev–Trinajstić information content (AvgIpc) is 2.09. The maximum atomic E-state index is 10.9. The van der Waals surface area contributed by atoms with Crippen LogP contribution in [0.1, 0.15) is 29.8 Å². The Kier molecular flexibility index (Phi) is 2.56. The molecule has 0 aliphatic heterocycles. The van der Waals surface area contributed by atoms with E-state index >= 15 is 0 Å². The quantitative estimate of drug-likeness (QED) is 0.539. The highest BCUT2D eigenvalue weighted by molar-refractivity contribution is 5.97. The van der Waals surface area contributed by atoms with Gasteiger partial charge < -0.3 is 10.2 Å². The predicted octanol–water partition coefficient (Wildman–Crippen LogP) is 1.86. The summed E-state index contributed by atoms with van der Waals surface area (Å²) < 4.78 is 0. The number of carbonyl (C=O) groups excluding carboxylic acids is 1. The monoisotopic (exact) mass is 180 g/mol. The molecule has 0 aromatic heterocycles. The summed E-state index contributed by atoms with van der Waals surface area (Å²) in [6.45, 7) is 3.21. The molecular formula is C10H12O3. The van der Waals surface area contributed by atoms with Crippen LogP contribution in [0.2, 0.25) is 0 Å². The number of benzene rings is 1. The second-order valence-electron chi connectivity index (χ2n) is 2.88. The van der Waals surface area contributed by atoms with Crippen molar-refractivity contribution < 1.29 is 15.0 Å². The number of hydrogen-bond donors (Lipinski definition) is 2. The smallest absolute Gasteiger partial charge is 0.168 e. The third-order valence-corrected chi connectivity index (χ3v) is 1.99. The van der Waals surface area contributed by atoms with Crippen LogP contribution in [0.3, 0.4) is 0 Å². The van der Waals surface area contributed by atoms with Crippen LogP contribution in [0.15, 0.2) is 12.1 Å². The maximum absolute atomic E-state index is 10.9. The molecule has 0 atom stereocenters. The fraction of sp³-hybridized carbons (Fsp3) is 0.300. The first-order chi connectivity index (χ1) is 6.07. The van der Waals surface area contributed by atoms with Gasteiger partial charge in [-0.1, -0.05) is 13.0 Å². The molecule has 0 aliphatic carbocycles. The minimum atomic E-state index is -0.313. The molecule has 1 aromatic carbocycles. The standard InChI is InChI=1S/C10H12O3/c1-3-7-4-5-8(6(2)11)10(13)9(7)12/h4-5,12-13H,3H2,1-2H3. The van der Waals surface area contributed by atoms with Crippen molar-refractivity contribution in [3.63, 3.8) is 0 Å². The molecular weight excluding hydrogens is 168 g/mol. The van der Waals surface area contributed by atoms with Crippen molar-refractivity contribution in [2.75, 3.05) is 0 Å². The normalized spacial score (nSPS) is 10.0. The van der Waals surface area contributed by atoms with E-state index in [1.165, 1.54) is 13.0 Å². The molecule has 2 N–H and O–H groups in total. The molecule has 1 aromatic rings. The molecule has 1 rings (SSSR count). The minimum absolute atomic E-state index is 0.162. The molecule has 0 heterocycles. The lowest BCUT2D eigenvalue weighted by Gasteiger charge is -2.06. The van der Waals surface area contributed by atoms with Crippen LogP contribution in [0.4, 0.5) is 0 Å². The summed E-state index contributed by atoms with van der Waals surface area (Å²) >= 11 is 0. The first kappa shape index (κ1) is 9.58. The third-order valence-electron chi connectivity index (χ3n) is 1.99. The summed E-state index contributed by atoms with van der Waals surface area (Å²) in [7, 11) is 0. The molecule has 0 aliphatic rings. The zero-order valence-electron chi connectivity index (χ0n) is 7.66. The van der Waals surface area contributed by atoms with Crippen LogP contribution in [0.5, 0.6) is 11.5 Å². The van der Waals surface area contributed by atoms with Gasteiger partial charge in [-0.2, -0.15) is 0 Å². The molecule has 0 fully saturated rings. The first-order valence-corrected chi connectivity index (χ1v) is 4.12. The van der Waals surface area contributed by atoms with Gasteiger partial charge in [0.25, 0.3) is 0 Å². The van der Waals surface area contributed by atoms with E-state index in [0.29, 0.717) is 12.0 Å². The van der Waals surface area contributed by atoms with Crippen LogP contribution >= 0.6 is 0 Å². The second kappa shape index (κ2) is 3.47. The number of phenols is 2. The Morgan fingerprint density at radius 2 is 1.92 bits per heavy atom. The van der Waals surface area contributed by atoms with Gasteiger partial charge in [0.2, 0.25) is 0 Å². The fourth-order valence-electron chi connectivity index (χ4n) is 1.19. The molecule has 0 saturated heterocycles. The SMILES string of the molecule is CCc1ccc(C(C)=O)c(O)c1O. The molecule has 0 bridgehead atoms. The van der Waals surface area contributed by atoms with Crippen molar-refractivity contribution in [2.24, 2.45) is 0 Å². The van der Waals surface area contributed by atoms with E-state index in [-0.39, 0.29) is 22.8 Å². The van der Waals surface area contributed by atoms with Crippen LogP contribution in [-0.2, 0) is 6.42 Å². The Morgan fingerprint density at radius 3 is 2.38 bits per heavy atom. The maximum Gasteiger partial charge on any atom is 0.168 e. The molecule has 3 heteroatoms.